The van der Waals surface area contributed by atoms with Gasteiger partial charge in [0.05, 0.1) is 12.5 Å². The molecule has 0 bridgehead atoms. The molecule has 2 nitrogen and oxygen atoms in total. The number of rotatable bonds is 6. The molecule has 0 aromatic heterocycles. The summed E-state index contributed by atoms with van der Waals surface area (Å²) in [5, 5.41) is 3.25. The fraction of sp³-hybridized carbons (Fsp3) is 0.240. The van der Waals surface area contributed by atoms with Crippen LogP contribution in [-0.4, -0.2) is 5.91 Å². The molecular weight excluding hydrogens is 330 g/mol. The van der Waals surface area contributed by atoms with Gasteiger partial charge in [0.25, 0.3) is 0 Å². The predicted octanol–water partition coefficient (Wildman–Crippen LogP) is 5.31. The maximum Gasteiger partial charge on any atom is 0.225 e. The van der Waals surface area contributed by atoms with Crippen molar-refractivity contribution < 1.29 is 4.79 Å². The zero-order chi connectivity index (χ0) is 19.2. The second kappa shape index (κ2) is 8.68. The van der Waals surface area contributed by atoms with Crippen LogP contribution in [0.1, 0.15) is 46.3 Å². The third-order valence-electron chi connectivity index (χ3n) is 4.97. The van der Waals surface area contributed by atoms with Gasteiger partial charge in [-0.3, -0.25) is 4.79 Å². The average Bonchev–Trinajstić information content (AvgIpc) is 2.68. The van der Waals surface area contributed by atoms with Gasteiger partial charge >= 0.3 is 0 Å². The molecule has 0 aliphatic heterocycles. The normalized spacial score (nSPS) is 11.8. The molecule has 3 rings (SSSR count). The van der Waals surface area contributed by atoms with E-state index in [2.05, 4.69) is 68.6 Å². The van der Waals surface area contributed by atoms with Crippen LogP contribution >= 0.6 is 0 Å². The summed E-state index contributed by atoms with van der Waals surface area (Å²) in [4.78, 5) is 12.8. The summed E-state index contributed by atoms with van der Waals surface area (Å²) in [7, 11) is 0. The van der Waals surface area contributed by atoms with Gasteiger partial charge in [0.1, 0.15) is 0 Å². The molecule has 1 atom stereocenters. The molecule has 0 unspecified atom stereocenters. The minimum absolute atomic E-state index is 0.0353. The average molecular weight is 357 g/mol. The fourth-order valence-corrected chi connectivity index (χ4v) is 3.43. The Labute approximate surface area is 162 Å². The van der Waals surface area contributed by atoms with Crippen molar-refractivity contribution in [3.63, 3.8) is 0 Å². The third kappa shape index (κ3) is 4.85. The molecule has 0 saturated carbocycles. The van der Waals surface area contributed by atoms with Crippen LogP contribution in [0, 0.1) is 13.8 Å². The van der Waals surface area contributed by atoms with E-state index >= 15 is 0 Å². The van der Waals surface area contributed by atoms with E-state index in [4.69, 9.17) is 0 Å². The first kappa shape index (κ1) is 18.9. The van der Waals surface area contributed by atoms with Crippen molar-refractivity contribution in [3.05, 3.63) is 106 Å². The van der Waals surface area contributed by atoms with Gasteiger partial charge < -0.3 is 5.32 Å². The highest BCUT2D eigenvalue weighted by Gasteiger charge is 2.18. The molecule has 1 N–H and O–H groups in total. The van der Waals surface area contributed by atoms with Crippen molar-refractivity contribution in [1.29, 1.82) is 0 Å². The van der Waals surface area contributed by atoms with E-state index in [1.54, 1.807) is 0 Å². The molecule has 27 heavy (non-hydrogen) atoms. The summed E-state index contributed by atoms with van der Waals surface area (Å²) >= 11 is 0. The molecule has 3 aromatic rings. The lowest BCUT2D eigenvalue weighted by molar-refractivity contribution is -0.120. The van der Waals surface area contributed by atoms with E-state index in [1.165, 1.54) is 16.7 Å². The number of hydrogen-bond acceptors (Lipinski definition) is 1. The molecule has 2 heteroatoms. The maximum absolute atomic E-state index is 12.8. The van der Waals surface area contributed by atoms with Crippen molar-refractivity contribution in [1.82, 2.24) is 5.32 Å². The topological polar surface area (TPSA) is 29.1 Å². The van der Waals surface area contributed by atoms with Crippen molar-refractivity contribution in [2.24, 2.45) is 0 Å². The van der Waals surface area contributed by atoms with Crippen LogP contribution in [-0.2, 0) is 17.6 Å². The number of aryl methyl sites for hydroxylation is 3. The Hall–Kier alpha value is -2.87. The fourth-order valence-electron chi connectivity index (χ4n) is 3.43. The molecule has 0 saturated heterocycles. The number of amides is 1. The predicted molar refractivity (Wildman–Crippen MR) is 112 cm³/mol. The largest absolute Gasteiger partial charge is 0.345 e. The van der Waals surface area contributed by atoms with Crippen molar-refractivity contribution in [2.75, 3.05) is 0 Å². The van der Waals surface area contributed by atoms with Crippen LogP contribution in [0.15, 0.2) is 72.8 Å². The summed E-state index contributed by atoms with van der Waals surface area (Å²) < 4.78 is 0. The van der Waals surface area contributed by atoms with Gasteiger partial charge in [0, 0.05) is 0 Å². The first-order chi connectivity index (χ1) is 13.1. The van der Waals surface area contributed by atoms with Crippen LogP contribution in [0.3, 0.4) is 0 Å². The second-order valence-electron chi connectivity index (χ2n) is 7.12. The molecular formula is C25H27NO. The lowest BCUT2D eigenvalue weighted by Crippen LogP contribution is -2.31. The number of benzene rings is 3. The van der Waals surface area contributed by atoms with Gasteiger partial charge in [-0.05, 0) is 48.1 Å². The highest BCUT2D eigenvalue weighted by molar-refractivity contribution is 5.79. The highest BCUT2D eigenvalue weighted by Crippen LogP contribution is 2.26. The van der Waals surface area contributed by atoms with E-state index in [1.807, 2.05) is 30.3 Å². The van der Waals surface area contributed by atoms with E-state index in [0.29, 0.717) is 6.42 Å². The number of carbonyl (C=O) groups is 1. The van der Waals surface area contributed by atoms with Crippen LogP contribution in [0.2, 0.25) is 0 Å². The summed E-state index contributed by atoms with van der Waals surface area (Å²) in [6.45, 7) is 6.33. The SMILES string of the molecule is CCc1ccc(CC(=O)N[C@@H](c2ccccc2)c2ccc(C)cc2C)cc1. The molecule has 0 fully saturated rings. The zero-order valence-corrected chi connectivity index (χ0v) is 16.3. The first-order valence-electron chi connectivity index (χ1n) is 9.56. The lowest BCUT2D eigenvalue weighted by atomic mass is 9.93. The van der Waals surface area contributed by atoms with Gasteiger partial charge in [0.15, 0.2) is 0 Å². The van der Waals surface area contributed by atoms with Crippen molar-refractivity contribution >= 4 is 5.91 Å². The van der Waals surface area contributed by atoms with Crippen LogP contribution in [0.25, 0.3) is 0 Å². The molecule has 0 aliphatic rings. The van der Waals surface area contributed by atoms with Gasteiger partial charge in [0.2, 0.25) is 5.91 Å². The highest BCUT2D eigenvalue weighted by atomic mass is 16.1. The van der Waals surface area contributed by atoms with Crippen LogP contribution in [0.4, 0.5) is 0 Å². The number of nitrogens with one attached hydrogen (secondary N) is 1. The van der Waals surface area contributed by atoms with Gasteiger partial charge in [-0.2, -0.15) is 0 Å². The Morgan fingerprint density at radius 1 is 0.889 bits per heavy atom. The summed E-state index contributed by atoms with van der Waals surface area (Å²) in [6.07, 6.45) is 1.40. The number of hydrogen-bond donors (Lipinski definition) is 1. The maximum atomic E-state index is 12.8. The van der Waals surface area contributed by atoms with Crippen molar-refractivity contribution in [2.45, 2.75) is 39.7 Å². The Morgan fingerprint density at radius 3 is 2.19 bits per heavy atom. The Balaban J connectivity index is 1.83. The van der Waals surface area contributed by atoms with Gasteiger partial charge in [-0.1, -0.05) is 85.3 Å². The Bertz CT molecular complexity index is 897. The Morgan fingerprint density at radius 2 is 1.56 bits per heavy atom. The molecule has 1 amide bonds. The molecule has 0 radical (unpaired) electrons. The molecule has 138 valence electrons. The van der Waals surface area contributed by atoms with Gasteiger partial charge in [-0.25, -0.2) is 0 Å². The molecule has 0 heterocycles. The van der Waals surface area contributed by atoms with Crippen LogP contribution in [0.5, 0.6) is 0 Å². The summed E-state index contributed by atoms with van der Waals surface area (Å²) in [6, 6.07) is 24.7. The summed E-state index contributed by atoms with van der Waals surface area (Å²) in [5.41, 5.74) is 6.98. The Kier molecular flexibility index (Phi) is 6.08. The van der Waals surface area contributed by atoms with E-state index in [-0.39, 0.29) is 11.9 Å². The molecule has 3 aromatic carbocycles. The van der Waals surface area contributed by atoms with Crippen LogP contribution < -0.4 is 5.32 Å². The minimum Gasteiger partial charge on any atom is -0.345 e. The van der Waals surface area contributed by atoms with E-state index in [0.717, 1.165) is 23.1 Å². The quantitative estimate of drug-likeness (QED) is 0.636. The monoisotopic (exact) mass is 357 g/mol. The molecule has 0 aliphatic carbocycles. The first-order valence-corrected chi connectivity index (χ1v) is 9.56. The number of carbonyl (C=O) groups excluding carboxylic acids is 1. The zero-order valence-electron chi connectivity index (χ0n) is 16.3. The van der Waals surface area contributed by atoms with E-state index < -0.39 is 0 Å². The third-order valence-corrected chi connectivity index (χ3v) is 4.97. The summed E-state index contributed by atoms with van der Waals surface area (Å²) in [5.74, 6) is 0.0353. The lowest BCUT2D eigenvalue weighted by Gasteiger charge is -2.22. The minimum atomic E-state index is -0.144. The second-order valence-corrected chi connectivity index (χ2v) is 7.12. The molecule has 0 spiro atoms. The van der Waals surface area contributed by atoms with Gasteiger partial charge in [-0.15, -0.1) is 0 Å². The standard InChI is InChI=1S/C25H27NO/c1-4-20-11-13-21(14-12-20)17-24(27)26-25(22-8-6-5-7-9-22)23-15-10-18(2)16-19(23)3/h5-16,25H,4,17H2,1-3H3,(H,26,27)/t25-/m0/s1. The smallest absolute Gasteiger partial charge is 0.225 e. The van der Waals surface area contributed by atoms with E-state index in [9.17, 15) is 4.79 Å². The van der Waals surface area contributed by atoms with Crippen molar-refractivity contribution in [3.8, 4) is 0 Å².